The van der Waals surface area contributed by atoms with Crippen LogP contribution in [0.5, 0.6) is 0 Å². The van der Waals surface area contributed by atoms with Gasteiger partial charge in [0.05, 0.1) is 12.4 Å². The summed E-state index contributed by atoms with van der Waals surface area (Å²) in [4.78, 5) is 22.7. The molecule has 0 bridgehead atoms. The average molecular weight is 499 g/mol. The first-order valence-electron chi connectivity index (χ1n) is 14.4. The third-order valence-electron chi connectivity index (χ3n) is 11.0. The highest BCUT2D eigenvalue weighted by atomic mass is 16.5. The fraction of sp³-hybridized carbons (Fsp3) is 0.806. The number of fused-ring (bicyclic) bond motifs is 7. The van der Waals surface area contributed by atoms with Gasteiger partial charge in [0.1, 0.15) is 12.2 Å². The average Bonchev–Trinajstić information content (AvgIpc) is 3.29. The molecule has 5 heteroatoms. The van der Waals surface area contributed by atoms with Gasteiger partial charge >= 0.3 is 11.9 Å². The zero-order valence-corrected chi connectivity index (χ0v) is 23.2. The largest absolute Gasteiger partial charge is 0.494 e. The van der Waals surface area contributed by atoms with Gasteiger partial charge in [-0.15, -0.1) is 0 Å². The van der Waals surface area contributed by atoms with Crippen molar-refractivity contribution in [2.24, 2.45) is 40.4 Å². The summed E-state index contributed by atoms with van der Waals surface area (Å²) in [6.07, 6.45) is 12.9. The molecule has 1 heterocycles. The quantitative estimate of drug-likeness (QED) is 0.299. The molecule has 3 saturated carbocycles. The Morgan fingerprint density at radius 1 is 1.14 bits per heavy atom. The summed E-state index contributed by atoms with van der Waals surface area (Å²) in [7, 11) is 0. The van der Waals surface area contributed by atoms with E-state index < -0.39 is 0 Å². The first-order valence-corrected chi connectivity index (χ1v) is 14.4. The molecule has 2 unspecified atom stereocenters. The third-order valence-corrected chi connectivity index (χ3v) is 11.0. The topological polar surface area (TPSA) is 61.8 Å². The number of hydrogen-bond donors (Lipinski definition) is 0. The van der Waals surface area contributed by atoms with Crippen LogP contribution in [0.1, 0.15) is 99.3 Å². The highest BCUT2D eigenvalue weighted by Gasteiger charge is 2.63. The van der Waals surface area contributed by atoms with E-state index in [9.17, 15) is 9.59 Å². The molecule has 0 spiro atoms. The van der Waals surface area contributed by atoms with Crippen LogP contribution in [-0.4, -0.2) is 30.8 Å². The van der Waals surface area contributed by atoms with Gasteiger partial charge in [-0.25, -0.2) is 0 Å². The standard InChI is InChI=1S/C31H46O5/c1-18(17-34-20(3)32)7-10-27-19(2)29-28(36-27)16-26-24-9-8-22-15-23(35-21(4)33)11-13-30(22,5)25(24)12-14-31(26,29)6/h8,18,23-26,28-29H,7,9-17H2,1-6H3/t18-,23-,24+,25-,26-,28?,29?,30-,31-/m0/s1. The van der Waals surface area contributed by atoms with Gasteiger partial charge in [0.15, 0.2) is 0 Å². The molecular formula is C31H46O5. The molecule has 0 N–H and O–H groups in total. The summed E-state index contributed by atoms with van der Waals surface area (Å²) in [5.41, 5.74) is 3.62. The molecule has 4 aliphatic carbocycles. The van der Waals surface area contributed by atoms with Crippen molar-refractivity contribution >= 4 is 11.9 Å². The second kappa shape index (κ2) is 9.51. The van der Waals surface area contributed by atoms with Crippen LogP contribution in [0.4, 0.5) is 0 Å². The number of carbonyl (C=O) groups excluding carboxylic acids is 2. The highest BCUT2D eigenvalue weighted by molar-refractivity contribution is 5.66. The molecule has 5 aliphatic rings. The maximum Gasteiger partial charge on any atom is 0.302 e. The minimum Gasteiger partial charge on any atom is -0.494 e. The number of carbonyl (C=O) groups is 2. The minimum atomic E-state index is -0.200. The Bertz CT molecular complexity index is 964. The van der Waals surface area contributed by atoms with E-state index in [1.807, 2.05) is 0 Å². The molecule has 3 fully saturated rings. The normalized spacial score (nSPS) is 41.8. The SMILES string of the molecule is CC(=O)OC[C@@H](C)CCC1=C(C)C2C(C[C@H]3[C@@H]4CC=C5C[C@@H](OC(C)=O)CC[C@]5(C)[C@H]4CC[C@]23C)O1. The Labute approximate surface area is 217 Å². The number of hydrogen-bond acceptors (Lipinski definition) is 5. The summed E-state index contributed by atoms with van der Waals surface area (Å²) in [5.74, 6) is 3.93. The van der Waals surface area contributed by atoms with E-state index in [4.69, 9.17) is 14.2 Å². The molecule has 36 heavy (non-hydrogen) atoms. The summed E-state index contributed by atoms with van der Waals surface area (Å²) in [5, 5.41) is 0. The lowest BCUT2D eigenvalue weighted by Crippen LogP contribution is -2.50. The first-order chi connectivity index (χ1) is 17.0. The van der Waals surface area contributed by atoms with Crippen molar-refractivity contribution in [1.82, 2.24) is 0 Å². The van der Waals surface area contributed by atoms with E-state index in [1.165, 1.54) is 50.9 Å². The molecule has 5 rings (SSSR count). The molecule has 0 aromatic rings. The second-order valence-electron chi connectivity index (χ2n) is 13.2. The lowest BCUT2D eigenvalue weighted by Gasteiger charge is -2.58. The highest BCUT2D eigenvalue weighted by Crippen LogP contribution is 2.69. The Balaban J connectivity index is 1.29. The maximum atomic E-state index is 11.5. The van der Waals surface area contributed by atoms with Crippen molar-refractivity contribution in [1.29, 1.82) is 0 Å². The summed E-state index contributed by atoms with van der Waals surface area (Å²) in [6, 6.07) is 0. The summed E-state index contributed by atoms with van der Waals surface area (Å²) < 4.78 is 17.5. The Morgan fingerprint density at radius 2 is 1.92 bits per heavy atom. The van der Waals surface area contributed by atoms with Crippen LogP contribution in [0.15, 0.2) is 23.0 Å². The Hall–Kier alpha value is -1.78. The van der Waals surface area contributed by atoms with Gasteiger partial charge in [0.25, 0.3) is 0 Å². The predicted octanol–water partition coefficient (Wildman–Crippen LogP) is 6.76. The lowest BCUT2D eigenvalue weighted by atomic mass is 9.47. The van der Waals surface area contributed by atoms with Crippen molar-refractivity contribution in [3.8, 4) is 0 Å². The van der Waals surface area contributed by atoms with E-state index in [0.29, 0.717) is 35.9 Å². The van der Waals surface area contributed by atoms with E-state index in [-0.39, 0.29) is 23.5 Å². The molecule has 0 aromatic heterocycles. The van der Waals surface area contributed by atoms with Crippen molar-refractivity contribution in [3.63, 3.8) is 0 Å². The van der Waals surface area contributed by atoms with E-state index >= 15 is 0 Å². The van der Waals surface area contributed by atoms with Gasteiger partial charge in [-0.2, -0.15) is 0 Å². The monoisotopic (exact) mass is 498 g/mol. The molecule has 5 nitrogen and oxygen atoms in total. The number of esters is 2. The molecule has 0 radical (unpaired) electrons. The number of ether oxygens (including phenoxy) is 3. The van der Waals surface area contributed by atoms with Gasteiger partial charge in [-0.1, -0.05) is 32.4 Å². The van der Waals surface area contributed by atoms with Crippen molar-refractivity contribution in [2.45, 2.75) is 112 Å². The zero-order chi connectivity index (χ0) is 25.8. The van der Waals surface area contributed by atoms with Gasteiger partial charge in [0.2, 0.25) is 0 Å². The number of allylic oxidation sites excluding steroid dienone is 2. The zero-order valence-electron chi connectivity index (χ0n) is 23.2. The van der Waals surface area contributed by atoms with Crippen LogP contribution in [0.25, 0.3) is 0 Å². The summed E-state index contributed by atoms with van der Waals surface area (Å²) >= 11 is 0. The number of rotatable bonds is 6. The van der Waals surface area contributed by atoms with Crippen LogP contribution in [0.2, 0.25) is 0 Å². The molecule has 0 aromatic carbocycles. The van der Waals surface area contributed by atoms with Crippen LogP contribution in [0.3, 0.4) is 0 Å². The Morgan fingerprint density at radius 3 is 2.64 bits per heavy atom. The fourth-order valence-corrected chi connectivity index (χ4v) is 9.27. The van der Waals surface area contributed by atoms with Gasteiger partial charge < -0.3 is 14.2 Å². The van der Waals surface area contributed by atoms with Gasteiger partial charge in [-0.05, 0) is 91.9 Å². The van der Waals surface area contributed by atoms with Crippen LogP contribution >= 0.6 is 0 Å². The fourth-order valence-electron chi connectivity index (χ4n) is 9.27. The third kappa shape index (κ3) is 4.32. The molecule has 0 saturated heterocycles. The van der Waals surface area contributed by atoms with Crippen LogP contribution in [0, 0.1) is 40.4 Å². The smallest absolute Gasteiger partial charge is 0.302 e. The van der Waals surface area contributed by atoms with Gasteiger partial charge in [0, 0.05) is 32.6 Å². The molecule has 0 amide bonds. The minimum absolute atomic E-state index is 0.0643. The van der Waals surface area contributed by atoms with Gasteiger partial charge in [-0.3, -0.25) is 9.59 Å². The van der Waals surface area contributed by atoms with Crippen LogP contribution < -0.4 is 0 Å². The second-order valence-corrected chi connectivity index (χ2v) is 13.2. The first kappa shape index (κ1) is 25.9. The van der Waals surface area contributed by atoms with Crippen molar-refractivity contribution in [2.75, 3.05) is 6.61 Å². The maximum absolute atomic E-state index is 11.5. The van der Waals surface area contributed by atoms with Crippen LogP contribution in [-0.2, 0) is 23.8 Å². The molecule has 9 atom stereocenters. The van der Waals surface area contributed by atoms with Crippen molar-refractivity contribution in [3.05, 3.63) is 23.0 Å². The Kier molecular flexibility index (Phi) is 6.83. The van der Waals surface area contributed by atoms with Crippen molar-refractivity contribution < 1.29 is 23.8 Å². The van der Waals surface area contributed by atoms with E-state index in [1.54, 1.807) is 5.57 Å². The lowest BCUT2D eigenvalue weighted by molar-refractivity contribution is -0.148. The van der Waals surface area contributed by atoms with E-state index in [2.05, 4.69) is 33.8 Å². The van der Waals surface area contributed by atoms with E-state index in [0.717, 1.165) is 43.9 Å². The molecular weight excluding hydrogens is 452 g/mol. The summed E-state index contributed by atoms with van der Waals surface area (Å²) in [6.45, 7) is 13.1. The predicted molar refractivity (Wildman–Crippen MR) is 139 cm³/mol. The molecule has 200 valence electrons. The molecule has 1 aliphatic heterocycles.